The van der Waals surface area contributed by atoms with Gasteiger partial charge < -0.3 is 0 Å². The summed E-state index contributed by atoms with van der Waals surface area (Å²) in [5.41, 5.74) is -0.942. The molecule has 0 atom stereocenters. The van der Waals surface area contributed by atoms with Gasteiger partial charge in [-0.3, -0.25) is 4.68 Å². The van der Waals surface area contributed by atoms with E-state index >= 15 is 0 Å². The lowest BCUT2D eigenvalue weighted by molar-refractivity contribution is -0.141. The second-order valence-corrected chi connectivity index (χ2v) is 3.72. The van der Waals surface area contributed by atoms with Gasteiger partial charge in [-0.1, -0.05) is 6.07 Å². The van der Waals surface area contributed by atoms with E-state index in [9.17, 15) is 22.0 Å². The van der Waals surface area contributed by atoms with E-state index < -0.39 is 24.8 Å². The molecule has 0 N–H and O–H groups in total. The van der Waals surface area contributed by atoms with Crippen LogP contribution in [0.3, 0.4) is 0 Å². The Hall–Kier alpha value is -1.99. The minimum absolute atomic E-state index is 0.0113. The zero-order chi connectivity index (χ0) is 14.0. The van der Waals surface area contributed by atoms with Crippen LogP contribution in [0.15, 0.2) is 30.5 Å². The topological polar surface area (TPSA) is 30.7 Å². The van der Waals surface area contributed by atoms with Gasteiger partial charge in [-0.25, -0.2) is 13.8 Å². The minimum atomic E-state index is -4.55. The first-order valence-corrected chi connectivity index (χ1v) is 5.22. The highest BCUT2D eigenvalue weighted by Crippen LogP contribution is 2.28. The van der Waals surface area contributed by atoms with Crippen molar-refractivity contribution in [1.29, 1.82) is 0 Å². The van der Waals surface area contributed by atoms with Crippen LogP contribution in [0.2, 0.25) is 0 Å². The van der Waals surface area contributed by atoms with Crippen LogP contribution in [-0.2, 0) is 12.7 Å². The molecule has 0 aliphatic heterocycles. The molecule has 3 nitrogen and oxygen atoms in total. The molecule has 19 heavy (non-hydrogen) atoms. The van der Waals surface area contributed by atoms with Crippen molar-refractivity contribution in [2.75, 3.05) is 0 Å². The molecule has 0 amide bonds. The van der Waals surface area contributed by atoms with Crippen LogP contribution in [-0.4, -0.2) is 21.2 Å². The summed E-state index contributed by atoms with van der Waals surface area (Å²) in [4.78, 5) is 3.42. The summed E-state index contributed by atoms with van der Waals surface area (Å²) in [7, 11) is 0. The summed E-state index contributed by atoms with van der Waals surface area (Å²) in [5.74, 6) is 0. The average Bonchev–Trinajstić information content (AvgIpc) is 2.76. The molecule has 2 heterocycles. The molecule has 0 saturated heterocycles. The molecule has 102 valence electrons. The van der Waals surface area contributed by atoms with Crippen LogP contribution in [0.25, 0.3) is 11.4 Å². The largest absolute Gasteiger partial charge is 0.433 e. The SMILES string of the molecule is FC(F)Cn1ccc(-c2cccc(C(F)(F)F)n2)n1. The van der Waals surface area contributed by atoms with Gasteiger partial charge in [0.1, 0.15) is 17.9 Å². The molecule has 0 aliphatic carbocycles. The fraction of sp³-hybridized carbons (Fsp3) is 0.273. The molecule has 0 bridgehead atoms. The summed E-state index contributed by atoms with van der Waals surface area (Å²) in [5, 5.41) is 3.75. The van der Waals surface area contributed by atoms with Crippen molar-refractivity contribution in [2.45, 2.75) is 19.1 Å². The summed E-state index contributed by atoms with van der Waals surface area (Å²) in [6.07, 6.45) is -5.87. The predicted octanol–water partition coefficient (Wildman–Crippen LogP) is 3.23. The number of aromatic nitrogens is 3. The van der Waals surface area contributed by atoms with E-state index in [-0.39, 0.29) is 11.4 Å². The summed E-state index contributed by atoms with van der Waals surface area (Å²) >= 11 is 0. The van der Waals surface area contributed by atoms with E-state index in [1.165, 1.54) is 24.4 Å². The summed E-state index contributed by atoms with van der Waals surface area (Å²) in [6.45, 7) is -0.612. The van der Waals surface area contributed by atoms with Gasteiger partial charge in [-0.2, -0.15) is 18.3 Å². The van der Waals surface area contributed by atoms with E-state index in [0.717, 1.165) is 10.7 Å². The van der Waals surface area contributed by atoms with Gasteiger partial charge in [-0.05, 0) is 18.2 Å². The van der Waals surface area contributed by atoms with Crippen molar-refractivity contribution in [2.24, 2.45) is 0 Å². The van der Waals surface area contributed by atoms with Crippen LogP contribution < -0.4 is 0 Å². The van der Waals surface area contributed by atoms with Gasteiger partial charge in [-0.15, -0.1) is 0 Å². The molecule has 0 spiro atoms. The fourth-order valence-electron chi connectivity index (χ4n) is 1.48. The summed E-state index contributed by atoms with van der Waals surface area (Å²) < 4.78 is 62.6. The molecule has 2 aromatic heterocycles. The highest BCUT2D eigenvalue weighted by atomic mass is 19.4. The molecule has 0 fully saturated rings. The Kier molecular flexibility index (Phi) is 3.50. The number of hydrogen-bond donors (Lipinski definition) is 0. The monoisotopic (exact) mass is 277 g/mol. The molecule has 0 aromatic carbocycles. The smallest absolute Gasteiger partial charge is 0.266 e. The second-order valence-electron chi connectivity index (χ2n) is 3.72. The molecule has 8 heteroatoms. The van der Waals surface area contributed by atoms with Gasteiger partial charge in [0.15, 0.2) is 0 Å². The highest BCUT2D eigenvalue weighted by molar-refractivity contribution is 5.53. The maximum atomic E-state index is 12.5. The lowest BCUT2D eigenvalue weighted by Gasteiger charge is -2.06. The number of alkyl halides is 5. The molecular formula is C11H8F5N3. The minimum Gasteiger partial charge on any atom is -0.266 e. The quantitative estimate of drug-likeness (QED) is 0.806. The molecular weight excluding hydrogens is 269 g/mol. The van der Waals surface area contributed by atoms with Crippen molar-refractivity contribution < 1.29 is 22.0 Å². The zero-order valence-electron chi connectivity index (χ0n) is 9.40. The molecule has 2 rings (SSSR count). The van der Waals surface area contributed by atoms with E-state index in [0.29, 0.717) is 0 Å². The molecule has 0 saturated carbocycles. The van der Waals surface area contributed by atoms with Crippen LogP contribution in [0.1, 0.15) is 5.69 Å². The Balaban J connectivity index is 2.29. The number of nitrogens with zero attached hydrogens (tertiary/aromatic N) is 3. The Morgan fingerprint density at radius 3 is 2.47 bits per heavy atom. The van der Waals surface area contributed by atoms with E-state index in [1.54, 1.807) is 0 Å². The molecule has 0 unspecified atom stereocenters. The van der Waals surface area contributed by atoms with Gasteiger partial charge in [0.25, 0.3) is 6.43 Å². The number of hydrogen-bond acceptors (Lipinski definition) is 2. The first-order chi connectivity index (χ1) is 8.86. The van der Waals surface area contributed by atoms with Crippen LogP contribution in [0.4, 0.5) is 22.0 Å². The Morgan fingerprint density at radius 1 is 1.11 bits per heavy atom. The van der Waals surface area contributed by atoms with E-state index in [2.05, 4.69) is 10.1 Å². The van der Waals surface area contributed by atoms with E-state index in [4.69, 9.17) is 0 Å². The van der Waals surface area contributed by atoms with Gasteiger partial charge in [0.05, 0.1) is 5.69 Å². The Morgan fingerprint density at radius 2 is 1.84 bits per heavy atom. The maximum Gasteiger partial charge on any atom is 0.433 e. The Bertz CT molecular complexity index is 561. The van der Waals surface area contributed by atoms with Crippen molar-refractivity contribution in [1.82, 2.24) is 14.8 Å². The average molecular weight is 277 g/mol. The lowest BCUT2D eigenvalue weighted by atomic mass is 10.2. The molecule has 0 aliphatic rings. The van der Waals surface area contributed by atoms with Crippen molar-refractivity contribution >= 4 is 0 Å². The van der Waals surface area contributed by atoms with Crippen LogP contribution in [0.5, 0.6) is 0 Å². The zero-order valence-corrected chi connectivity index (χ0v) is 9.40. The van der Waals surface area contributed by atoms with Gasteiger partial charge in [0.2, 0.25) is 0 Å². The van der Waals surface area contributed by atoms with Gasteiger partial charge >= 0.3 is 6.18 Å². The fourth-order valence-corrected chi connectivity index (χ4v) is 1.48. The van der Waals surface area contributed by atoms with Crippen molar-refractivity contribution in [3.8, 4) is 11.4 Å². The first-order valence-electron chi connectivity index (χ1n) is 5.22. The summed E-state index contributed by atoms with van der Waals surface area (Å²) in [6, 6.07) is 4.70. The van der Waals surface area contributed by atoms with Crippen LogP contribution >= 0.6 is 0 Å². The number of rotatable bonds is 3. The first kappa shape index (κ1) is 13.4. The highest BCUT2D eigenvalue weighted by Gasteiger charge is 2.32. The molecule has 0 radical (unpaired) electrons. The molecule has 2 aromatic rings. The number of halogens is 5. The third kappa shape index (κ3) is 3.27. The normalized spacial score (nSPS) is 12.1. The van der Waals surface area contributed by atoms with Crippen molar-refractivity contribution in [3.63, 3.8) is 0 Å². The van der Waals surface area contributed by atoms with Gasteiger partial charge in [0, 0.05) is 6.20 Å². The Labute approximate surface area is 104 Å². The third-order valence-corrected chi connectivity index (χ3v) is 2.27. The predicted molar refractivity (Wildman–Crippen MR) is 56.5 cm³/mol. The number of pyridine rings is 1. The third-order valence-electron chi connectivity index (χ3n) is 2.27. The maximum absolute atomic E-state index is 12.5. The van der Waals surface area contributed by atoms with E-state index in [1.807, 2.05) is 0 Å². The standard InChI is InChI=1S/C11H8F5N3/c12-10(13)6-19-5-4-8(18-19)7-2-1-3-9(17-7)11(14,15)16/h1-5,10H,6H2. The second kappa shape index (κ2) is 4.94. The van der Waals surface area contributed by atoms with Crippen molar-refractivity contribution in [3.05, 3.63) is 36.2 Å². The lowest BCUT2D eigenvalue weighted by Crippen LogP contribution is -2.09. The van der Waals surface area contributed by atoms with Crippen LogP contribution in [0, 0.1) is 0 Å².